The third-order valence-electron chi connectivity index (χ3n) is 8.31. The number of rotatable bonds is 21. The minimum atomic E-state index is -1.54. The Balaban J connectivity index is 1.89. The number of H-pyrrole nitrogens is 1. The second-order valence-electron chi connectivity index (χ2n) is 12.3. The van der Waals surface area contributed by atoms with Crippen molar-refractivity contribution < 1.29 is 44.1 Å². The molecule has 0 fully saturated rings. The van der Waals surface area contributed by atoms with Crippen molar-refractivity contribution >= 4 is 46.5 Å². The number of aliphatic hydroxyl groups is 1. The van der Waals surface area contributed by atoms with Crippen LogP contribution in [-0.2, 0) is 41.6 Å². The molecule has 6 atom stereocenters. The first-order valence-electron chi connectivity index (χ1n) is 16.7. The molecule has 0 spiro atoms. The maximum absolute atomic E-state index is 13.9. The molecule has 1 aromatic heterocycles. The van der Waals surface area contributed by atoms with Gasteiger partial charge in [-0.15, -0.1) is 0 Å². The monoisotopic (exact) mass is 709 g/mol. The molecule has 51 heavy (non-hydrogen) atoms. The lowest BCUT2D eigenvalue weighted by Gasteiger charge is -2.27. The first kappa shape index (κ1) is 40.1. The van der Waals surface area contributed by atoms with Crippen molar-refractivity contribution in [2.75, 3.05) is 6.54 Å². The van der Waals surface area contributed by atoms with E-state index in [-0.39, 0.29) is 25.7 Å². The number of nitrogens with one attached hydrogen (secondary N) is 5. The molecule has 0 aliphatic heterocycles. The molecule has 0 saturated carbocycles. The van der Waals surface area contributed by atoms with Gasteiger partial charge < -0.3 is 53.0 Å². The Morgan fingerprint density at radius 2 is 1.29 bits per heavy atom. The van der Waals surface area contributed by atoms with Gasteiger partial charge in [-0.2, -0.15) is 0 Å². The third kappa shape index (κ3) is 12.5. The molecule has 4 amide bonds. The van der Waals surface area contributed by atoms with Gasteiger partial charge in [0.25, 0.3) is 0 Å². The van der Waals surface area contributed by atoms with Gasteiger partial charge in [0, 0.05) is 36.4 Å². The highest BCUT2D eigenvalue weighted by molar-refractivity contribution is 5.96. The van der Waals surface area contributed by atoms with Crippen molar-refractivity contribution in [2.24, 2.45) is 11.5 Å². The second-order valence-corrected chi connectivity index (χ2v) is 12.3. The molecule has 0 unspecified atom stereocenters. The molecule has 0 radical (unpaired) electrons. The molecule has 0 saturated heterocycles. The van der Waals surface area contributed by atoms with Crippen LogP contribution in [0.25, 0.3) is 10.9 Å². The number of aromatic amines is 1. The van der Waals surface area contributed by atoms with E-state index in [0.717, 1.165) is 10.9 Å². The van der Waals surface area contributed by atoms with Crippen LogP contribution in [-0.4, -0.2) is 98.7 Å². The van der Waals surface area contributed by atoms with Gasteiger partial charge >= 0.3 is 11.9 Å². The van der Waals surface area contributed by atoms with Crippen LogP contribution in [0, 0.1) is 0 Å². The van der Waals surface area contributed by atoms with Crippen molar-refractivity contribution in [1.82, 2.24) is 26.3 Å². The molecular formula is C35H47N7O9. The lowest BCUT2D eigenvalue weighted by molar-refractivity contribution is -0.143. The topological polar surface area (TPSA) is 279 Å². The molecule has 3 rings (SSSR count). The van der Waals surface area contributed by atoms with Crippen LogP contribution in [0.4, 0.5) is 0 Å². The van der Waals surface area contributed by atoms with Gasteiger partial charge in [-0.1, -0.05) is 48.5 Å². The normalized spacial score (nSPS) is 14.7. The van der Waals surface area contributed by atoms with Gasteiger partial charge in [0.1, 0.15) is 30.2 Å². The predicted molar refractivity (Wildman–Crippen MR) is 187 cm³/mol. The average molecular weight is 710 g/mol. The van der Waals surface area contributed by atoms with E-state index in [2.05, 4.69) is 26.3 Å². The van der Waals surface area contributed by atoms with E-state index < -0.39 is 78.3 Å². The summed E-state index contributed by atoms with van der Waals surface area (Å²) >= 11 is 0. The molecule has 0 bridgehead atoms. The number of carboxylic acids is 2. The number of hydrogen-bond acceptors (Lipinski definition) is 9. The zero-order chi connectivity index (χ0) is 37.5. The summed E-state index contributed by atoms with van der Waals surface area (Å²) in [4.78, 5) is 80.2. The molecule has 16 heteroatoms. The quantitative estimate of drug-likeness (QED) is 0.0640. The molecular weight excluding hydrogens is 662 g/mol. The summed E-state index contributed by atoms with van der Waals surface area (Å²) in [5.41, 5.74) is 13.7. The zero-order valence-corrected chi connectivity index (χ0v) is 28.3. The van der Waals surface area contributed by atoms with E-state index in [9.17, 15) is 39.0 Å². The molecule has 0 aliphatic carbocycles. The lowest BCUT2D eigenvalue weighted by atomic mass is 10.0. The van der Waals surface area contributed by atoms with E-state index in [0.29, 0.717) is 30.5 Å². The van der Waals surface area contributed by atoms with Crippen LogP contribution in [0.5, 0.6) is 0 Å². The summed E-state index contributed by atoms with van der Waals surface area (Å²) in [5, 5.41) is 39.6. The first-order chi connectivity index (χ1) is 24.3. The number of benzene rings is 2. The van der Waals surface area contributed by atoms with Crippen LogP contribution < -0.4 is 32.7 Å². The summed E-state index contributed by atoms with van der Waals surface area (Å²) in [6, 6.07) is 9.33. The Labute approximate surface area is 294 Å². The summed E-state index contributed by atoms with van der Waals surface area (Å²) in [7, 11) is 0. The summed E-state index contributed by atoms with van der Waals surface area (Å²) < 4.78 is 0. The Morgan fingerprint density at radius 3 is 1.92 bits per heavy atom. The number of carboxylic acid groups (broad SMARTS) is 2. The lowest BCUT2D eigenvalue weighted by Crippen LogP contribution is -2.59. The molecule has 2 aromatic carbocycles. The van der Waals surface area contributed by atoms with E-state index in [1.54, 1.807) is 36.5 Å². The fourth-order valence-electron chi connectivity index (χ4n) is 5.38. The van der Waals surface area contributed by atoms with Crippen LogP contribution in [0.2, 0.25) is 0 Å². The first-order valence-corrected chi connectivity index (χ1v) is 16.7. The van der Waals surface area contributed by atoms with Crippen LogP contribution in [0.3, 0.4) is 0 Å². The molecule has 0 aliphatic rings. The number of amides is 4. The largest absolute Gasteiger partial charge is 0.481 e. The maximum Gasteiger partial charge on any atom is 0.326 e. The van der Waals surface area contributed by atoms with E-state index >= 15 is 0 Å². The van der Waals surface area contributed by atoms with Crippen molar-refractivity contribution in [2.45, 2.75) is 88.2 Å². The van der Waals surface area contributed by atoms with Crippen molar-refractivity contribution in [1.29, 1.82) is 0 Å². The Bertz CT molecular complexity index is 1650. The van der Waals surface area contributed by atoms with Crippen LogP contribution in [0.1, 0.15) is 50.2 Å². The summed E-state index contributed by atoms with van der Waals surface area (Å²) in [5.74, 6) is -5.83. The van der Waals surface area contributed by atoms with Gasteiger partial charge in [0.05, 0.1) is 6.10 Å². The Kier molecular flexibility index (Phi) is 15.5. The average Bonchev–Trinajstić information content (AvgIpc) is 3.51. The molecule has 12 N–H and O–H groups in total. The fraction of sp³-hybridized carbons (Fsp3) is 0.429. The minimum Gasteiger partial charge on any atom is -0.481 e. The number of hydrogen-bond donors (Lipinski definition) is 10. The summed E-state index contributed by atoms with van der Waals surface area (Å²) in [6.07, 6.45) is 0.554. The van der Waals surface area contributed by atoms with Gasteiger partial charge in [0.2, 0.25) is 23.6 Å². The van der Waals surface area contributed by atoms with Crippen LogP contribution in [0.15, 0.2) is 60.8 Å². The molecule has 3 aromatic rings. The highest BCUT2D eigenvalue weighted by Gasteiger charge is 2.33. The highest BCUT2D eigenvalue weighted by atomic mass is 16.4. The smallest absolute Gasteiger partial charge is 0.326 e. The third-order valence-corrected chi connectivity index (χ3v) is 8.31. The number of aliphatic carboxylic acids is 2. The minimum absolute atomic E-state index is 0.00276. The van der Waals surface area contributed by atoms with Gasteiger partial charge in [0.15, 0.2) is 0 Å². The standard InChI is InChI=1S/C35H47N7O9/c1-20(43)30(37)34(49)42-28(18-22-19-38-24-12-6-5-11-23(22)24)33(48)39-25(13-7-8-16-36)31(46)41-27(17-21-9-3-2-4-10-21)32(47)40-26(35(50)51)14-15-29(44)45/h2-6,9-12,19-20,25-28,30,38,43H,7-8,13-18,36-37H2,1H3,(H,39,48)(H,40,47)(H,41,46)(H,42,49)(H,44,45)(H,50,51)/t20-,25+,26+,27+,28+,30+/m1/s1. The number of carbonyl (C=O) groups excluding carboxylic acids is 4. The van der Waals surface area contributed by atoms with E-state index in [1.165, 1.54) is 6.92 Å². The Morgan fingerprint density at radius 1 is 0.725 bits per heavy atom. The number of fused-ring (bicyclic) bond motifs is 1. The summed E-state index contributed by atoms with van der Waals surface area (Å²) in [6.45, 7) is 1.65. The number of nitrogens with two attached hydrogens (primary N) is 2. The van der Waals surface area contributed by atoms with E-state index in [4.69, 9.17) is 16.6 Å². The van der Waals surface area contributed by atoms with Gasteiger partial charge in [-0.25, -0.2) is 4.79 Å². The number of aromatic nitrogens is 1. The predicted octanol–water partition coefficient (Wildman–Crippen LogP) is -0.321. The molecule has 276 valence electrons. The number of para-hydroxylation sites is 1. The molecule has 1 heterocycles. The maximum atomic E-state index is 13.9. The number of aliphatic hydroxyl groups excluding tert-OH is 1. The van der Waals surface area contributed by atoms with Gasteiger partial charge in [-0.05, 0) is 56.3 Å². The van der Waals surface area contributed by atoms with Crippen molar-refractivity contribution in [3.8, 4) is 0 Å². The van der Waals surface area contributed by atoms with Crippen molar-refractivity contribution in [3.05, 3.63) is 71.9 Å². The van der Waals surface area contributed by atoms with Crippen LogP contribution >= 0.6 is 0 Å². The van der Waals surface area contributed by atoms with E-state index in [1.807, 2.05) is 24.3 Å². The molecule has 16 nitrogen and oxygen atoms in total. The number of unbranched alkanes of at least 4 members (excludes halogenated alkanes) is 1. The van der Waals surface area contributed by atoms with Gasteiger partial charge in [-0.3, -0.25) is 24.0 Å². The SMILES string of the molecule is C[C@@H](O)[C@H](N)C(=O)N[C@@H](Cc1c[nH]c2ccccc12)C(=O)N[C@@H](CCCCN)C(=O)N[C@@H](Cc1ccccc1)C(=O)N[C@@H](CCC(=O)O)C(=O)O. The number of carbonyl (C=O) groups is 6. The Hall–Kier alpha value is -5.32. The highest BCUT2D eigenvalue weighted by Crippen LogP contribution is 2.19. The fourth-order valence-corrected chi connectivity index (χ4v) is 5.38. The second kappa shape index (κ2) is 19.8. The zero-order valence-electron chi connectivity index (χ0n) is 28.3. The van der Waals surface area contributed by atoms with Crippen molar-refractivity contribution in [3.63, 3.8) is 0 Å².